The summed E-state index contributed by atoms with van der Waals surface area (Å²) in [7, 11) is 0. The Morgan fingerprint density at radius 2 is 2.10 bits per heavy atom. The van der Waals surface area contributed by atoms with Crippen LogP contribution in [-0.4, -0.2) is 29.0 Å². The second-order valence-corrected chi connectivity index (χ2v) is 4.13. The van der Waals surface area contributed by atoms with Crippen molar-refractivity contribution in [1.29, 1.82) is 0 Å². The first-order chi connectivity index (χ1) is 9.28. The number of ether oxygens (including phenoxy) is 2. The Hall–Kier alpha value is -1.51. The van der Waals surface area contributed by atoms with Gasteiger partial charge in [0.1, 0.15) is 5.75 Å². The van der Waals surface area contributed by atoms with Gasteiger partial charge in [-0.05, 0) is 6.92 Å². The average Bonchev–Trinajstić information content (AvgIpc) is 2.32. The van der Waals surface area contributed by atoms with Crippen molar-refractivity contribution in [2.24, 2.45) is 0 Å². The van der Waals surface area contributed by atoms with Crippen molar-refractivity contribution in [3.63, 3.8) is 0 Å². The summed E-state index contributed by atoms with van der Waals surface area (Å²) in [5.74, 6) is -1.86. The first-order valence-corrected chi connectivity index (χ1v) is 6.57. The highest BCUT2D eigenvalue weighted by Crippen LogP contribution is 2.32. The van der Waals surface area contributed by atoms with E-state index < -0.39 is 24.6 Å². The number of pyridine rings is 1. The summed E-state index contributed by atoms with van der Waals surface area (Å²) in [6.45, 7) is 1.65. The van der Waals surface area contributed by atoms with E-state index in [2.05, 4.69) is 30.4 Å². The number of esters is 1. The van der Waals surface area contributed by atoms with Crippen LogP contribution in [0, 0.1) is 0 Å². The van der Waals surface area contributed by atoms with Gasteiger partial charge in [0, 0.05) is 16.5 Å². The SMILES string of the molecule is CCOC(=O)Cc1c(OC(F)(F)F)ncc(O)c1CBr. The molecule has 1 N–H and O–H groups in total. The molecule has 9 heteroatoms. The Kier molecular flexibility index (Phi) is 5.61. The number of alkyl halides is 4. The van der Waals surface area contributed by atoms with Crippen LogP contribution in [0.15, 0.2) is 6.20 Å². The normalized spacial score (nSPS) is 11.2. The van der Waals surface area contributed by atoms with E-state index in [4.69, 9.17) is 0 Å². The number of nitrogens with zero attached hydrogens (tertiary/aromatic N) is 1. The van der Waals surface area contributed by atoms with Crippen LogP contribution in [0.2, 0.25) is 0 Å². The molecule has 0 aliphatic rings. The first kappa shape index (κ1) is 16.5. The Labute approximate surface area is 120 Å². The first-order valence-electron chi connectivity index (χ1n) is 5.45. The van der Waals surface area contributed by atoms with Crippen LogP contribution in [0.5, 0.6) is 11.6 Å². The maximum absolute atomic E-state index is 12.3. The summed E-state index contributed by atoms with van der Waals surface area (Å²) < 4.78 is 45.3. The summed E-state index contributed by atoms with van der Waals surface area (Å²) >= 11 is 3.03. The molecule has 1 aromatic rings. The molecule has 0 atom stereocenters. The van der Waals surface area contributed by atoms with Crippen molar-refractivity contribution < 1.29 is 32.5 Å². The van der Waals surface area contributed by atoms with Gasteiger partial charge in [-0.25, -0.2) is 4.98 Å². The van der Waals surface area contributed by atoms with Gasteiger partial charge in [0.15, 0.2) is 0 Å². The molecule has 5 nitrogen and oxygen atoms in total. The van der Waals surface area contributed by atoms with E-state index >= 15 is 0 Å². The second kappa shape index (κ2) is 6.78. The lowest BCUT2D eigenvalue weighted by Crippen LogP contribution is -2.20. The van der Waals surface area contributed by atoms with Crippen molar-refractivity contribution in [2.45, 2.75) is 25.0 Å². The van der Waals surface area contributed by atoms with E-state index in [-0.39, 0.29) is 28.8 Å². The van der Waals surface area contributed by atoms with Gasteiger partial charge in [-0.3, -0.25) is 4.79 Å². The molecule has 0 aliphatic carbocycles. The fourth-order valence-corrected chi connectivity index (χ4v) is 2.07. The largest absolute Gasteiger partial charge is 0.574 e. The molecule has 0 aliphatic heterocycles. The molecule has 1 heterocycles. The van der Waals surface area contributed by atoms with E-state index in [1.54, 1.807) is 6.92 Å². The lowest BCUT2D eigenvalue weighted by atomic mass is 10.1. The van der Waals surface area contributed by atoms with Gasteiger partial charge in [-0.2, -0.15) is 0 Å². The lowest BCUT2D eigenvalue weighted by Gasteiger charge is -2.15. The molecule has 0 radical (unpaired) electrons. The number of carbonyl (C=O) groups is 1. The van der Waals surface area contributed by atoms with E-state index in [9.17, 15) is 23.1 Å². The molecular weight excluding hydrogens is 347 g/mol. The van der Waals surface area contributed by atoms with Crippen LogP contribution < -0.4 is 4.74 Å². The highest BCUT2D eigenvalue weighted by atomic mass is 79.9. The van der Waals surface area contributed by atoms with Gasteiger partial charge in [0.2, 0.25) is 5.88 Å². The summed E-state index contributed by atoms with van der Waals surface area (Å²) in [6.07, 6.45) is -4.61. The van der Waals surface area contributed by atoms with E-state index in [1.165, 1.54) is 0 Å². The molecule has 0 bridgehead atoms. The second-order valence-electron chi connectivity index (χ2n) is 3.57. The van der Waals surface area contributed by atoms with Crippen LogP contribution in [-0.2, 0) is 21.3 Å². The zero-order valence-electron chi connectivity index (χ0n) is 10.3. The summed E-state index contributed by atoms with van der Waals surface area (Å²) in [5, 5.41) is 9.61. The molecule has 1 rings (SSSR count). The molecule has 0 saturated carbocycles. The Balaban J connectivity index is 3.19. The summed E-state index contributed by atoms with van der Waals surface area (Å²) in [6, 6.07) is 0. The topological polar surface area (TPSA) is 68.7 Å². The van der Waals surface area contributed by atoms with E-state index in [0.717, 1.165) is 6.20 Å². The van der Waals surface area contributed by atoms with Gasteiger partial charge in [-0.1, -0.05) is 15.9 Å². The Bertz CT molecular complexity index is 493. The Morgan fingerprint density at radius 1 is 1.45 bits per heavy atom. The maximum atomic E-state index is 12.3. The third kappa shape index (κ3) is 4.55. The standard InChI is InChI=1S/C11H11BrF3NO4/c1-2-19-9(18)3-6-7(4-12)8(17)5-16-10(6)20-11(13,14)15/h5,17H,2-4H2,1H3. The number of aromatic nitrogens is 1. The number of rotatable bonds is 5. The molecule has 112 valence electrons. The van der Waals surface area contributed by atoms with Crippen LogP contribution in [0.1, 0.15) is 18.1 Å². The molecule has 0 fully saturated rings. The minimum atomic E-state index is -4.95. The third-order valence-electron chi connectivity index (χ3n) is 2.21. The third-order valence-corrected chi connectivity index (χ3v) is 2.77. The average molecular weight is 358 g/mol. The predicted molar refractivity (Wildman–Crippen MR) is 65.6 cm³/mol. The van der Waals surface area contributed by atoms with Crippen LogP contribution in [0.25, 0.3) is 0 Å². The minimum Gasteiger partial charge on any atom is -0.506 e. The van der Waals surface area contributed by atoms with Crippen molar-refractivity contribution in [1.82, 2.24) is 4.98 Å². The quantitative estimate of drug-likeness (QED) is 0.648. The van der Waals surface area contributed by atoms with Crippen molar-refractivity contribution in [3.8, 4) is 11.6 Å². The minimum absolute atomic E-state index is 0.0321. The zero-order chi connectivity index (χ0) is 15.3. The van der Waals surface area contributed by atoms with Crippen molar-refractivity contribution in [3.05, 3.63) is 17.3 Å². The smallest absolute Gasteiger partial charge is 0.506 e. The Morgan fingerprint density at radius 3 is 2.60 bits per heavy atom. The molecule has 20 heavy (non-hydrogen) atoms. The number of hydrogen-bond donors (Lipinski definition) is 1. The van der Waals surface area contributed by atoms with Gasteiger partial charge in [-0.15, -0.1) is 13.2 Å². The zero-order valence-corrected chi connectivity index (χ0v) is 11.9. The van der Waals surface area contributed by atoms with E-state index in [0.29, 0.717) is 0 Å². The van der Waals surface area contributed by atoms with Crippen LogP contribution in [0.3, 0.4) is 0 Å². The molecule has 0 amide bonds. The number of aromatic hydroxyl groups is 1. The van der Waals surface area contributed by atoms with Gasteiger partial charge in [0.25, 0.3) is 0 Å². The molecule has 0 spiro atoms. The maximum Gasteiger partial charge on any atom is 0.574 e. The van der Waals surface area contributed by atoms with E-state index in [1.807, 2.05) is 0 Å². The number of halogens is 4. The van der Waals surface area contributed by atoms with Gasteiger partial charge >= 0.3 is 12.3 Å². The highest BCUT2D eigenvalue weighted by Gasteiger charge is 2.34. The number of hydrogen-bond acceptors (Lipinski definition) is 5. The fourth-order valence-electron chi connectivity index (χ4n) is 1.44. The summed E-state index contributed by atoms with van der Waals surface area (Å²) in [4.78, 5) is 14.8. The van der Waals surface area contributed by atoms with Gasteiger partial charge in [0.05, 0.1) is 19.2 Å². The van der Waals surface area contributed by atoms with Crippen molar-refractivity contribution in [2.75, 3.05) is 6.61 Å². The van der Waals surface area contributed by atoms with Crippen LogP contribution >= 0.6 is 15.9 Å². The molecule has 0 aromatic carbocycles. The fraction of sp³-hybridized carbons (Fsp3) is 0.455. The molecule has 1 aromatic heterocycles. The molecule has 0 unspecified atom stereocenters. The van der Waals surface area contributed by atoms with Crippen molar-refractivity contribution >= 4 is 21.9 Å². The number of carbonyl (C=O) groups excluding carboxylic acids is 1. The lowest BCUT2D eigenvalue weighted by molar-refractivity contribution is -0.276. The van der Waals surface area contributed by atoms with Crippen LogP contribution in [0.4, 0.5) is 13.2 Å². The summed E-state index contributed by atoms with van der Waals surface area (Å²) in [5.41, 5.74) is -0.0787. The predicted octanol–water partition coefficient (Wildman–Crippen LogP) is 2.69. The highest BCUT2D eigenvalue weighted by molar-refractivity contribution is 9.08. The van der Waals surface area contributed by atoms with Gasteiger partial charge < -0.3 is 14.6 Å². The molecule has 0 saturated heterocycles. The molecular formula is C11H11BrF3NO4. The monoisotopic (exact) mass is 357 g/mol.